The van der Waals surface area contributed by atoms with E-state index in [1.165, 1.54) is 11.6 Å². The molecule has 0 aromatic heterocycles. The maximum Gasteiger partial charge on any atom is 0.123 e. The number of halogens is 2. The van der Waals surface area contributed by atoms with E-state index in [4.69, 9.17) is 0 Å². The number of benzene rings is 2. The zero-order valence-corrected chi connectivity index (χ0v) is 12.5. The fourth-order valence-corrected chi connectivity index (χ4v) is 2.57. The summed E-state index contributed by atoms with van der Waals surface area (Å²) >= 11 is 3.49. The molecule has 0 aliphatic carbocycles. The molecule has 0 amide bonds. The predicted octanol–water partition coefficient (Wildman–Crippen LogP) is 4.48. The van der Waals surface area contributed by atoms with Gasteiger partial charge in [-0.3, -0.25) is 0 Å². The van der Waals surface area contributed by atoms with Crippen molar-refractivity contribution in [2.24, 2.45) is 0 Å². The van der Waals surface area contributed by atoms with Crippen molar-refractivity contribution >= 4 is 15.9 Å². The molecule has 0 spiro atoms. The number of likely N-dealkylation sites (N-methyl/N-ethyl adjacent to an activating group) is 1. The van der Waals surface area contributed by atoms with Crippen LogP contribution in [0, 0.1) is 5.82 Å². The maximum absolute atomic E-state index is 13.3. The molecule has 0 saturated carbocycles. The van der Waals surface area contributed by atoms with E-state index in [0.29, 0.717) is 0 Å². The van der Waals surface area contributed by atoms with Crippen LogP contribution in [0.3, 0.4) is 0 Å². The van der Waals surface area contributed by atoms with Crippen molar-refractivity contribution in [3.05, 3.63) is 69.9 Å². The van der Waals surface area contributed by atoms with Crippen LogP contribution < -0.4 is 5.32 Å². The fourth-order valence-electron chi connectivity index (χ4n) is 2.16. The second-order valence-electron chi connectivity index (χ2n) is 4.46. The lowest BCUT2D eigenvalue weighted by molar-refractivity contribution is 0.546. The highest BCUT2D eigenvalue weighted by Gasteiger charge is 2.13. The third-order valence-electron chi connectivity index (χ3n) is 3.08. The highest BCUT2D eigenvalue weighted by Crippen LogP contribution is 2.24. The molecule has 1 N–H and O–H groups in total. The van der Waals surface area contributed by atoms with Crippen LogP contribution >= 0.6 is 15.9 Å². The van der Waals surface area contributed by atoms with Crippen molar-refractivity contribution in [3.63, 3.8) is 0 Å². The Morgan fingerprint density at radius 2 is 1.89 bits per heavy atom. The second-order valence-corrected chi connectivity index (χ2v) is 5.32. The van der Waals surface area contributed by atoms with E-state index in [1.54, 1.807) is 12.1 Å². The molecule has 0 fully saturated rings. The number of hydrogen-bond donors (Lipinski definition) is 1. The van der Waals surface area contributed by atoms with Crippen molar-refractivity contribution in [2.45, 2.75) is 19.4 Å². The van der Waals surface area contributed by atoms with Gasteiger partial charge in [0, 0.05) is 10.5 Å². The predicted molar refractivity (Wildman–Crippen MR) is 80.7 cm³/mol. The minimum atomic E-state index is -0.193. The van der Waals surface area contributed by atoms with E-state index in [0.717, 1.165) is 23.0 Å². The van der Waals surface area contributed by atoms with Crippen LogP contribution in [0.2, 0.25) is 0 Å². The Hall–Kier alpha value is -1.19. The molecule has 0 aliphatic heterocycles. The summed E-state index contributed by atoms with van der Waals surface area (Å²) in [5.41, 5.74) is 2.20. The van der Waals surface area contributed by atoms with Crippen molar-refractivity contribution in [2.75, 3.05) is 6.54 Å². The second kappa shape index (κ2) is 6.83. The Labute approximate surface area is 122 Å². The first kappa shape index (κ1) is 14.2. The summed E-state index contributed by atoms with van der Waals surface area (Å²) in [5.74, 6) is -0.193. The summed E-state index contributed by atoms with van der Waals surface area (Å²) in [5, 5.41) is 3.45. The van der Waals surface area contributed by atoms with Crippen molar-refractivity contribution in [1.29, 1.82) is 0 Å². The third kappa shape index (κ3) is 3.88. The molecule has 0 radical (unpaired) electrons. The van der Waals surface area contributed by atoms with Crippen LogP contribution in [0.25, 0.3) is 0 Å². The highest BCUT2D eigenvalue weighted by atomic mass is 79.9. The van der Waals surface area contributed by atoms with Crippen molar-refractivity contribution < 1.29 is 4.39 Å². The van der Waals surface area contributed by atoms with Crippen LogP contribution in [0.15, 0.2) is 53.0 Å². The molecule has 1 atom stereocenters. The number of rotatable bonds is 5. The molecule has 1 nitrogen and oxygen atoms in total. The zero-order valence-electron chi connectivity index (χ0n) is 10.9. The Morgan fingerprint density at radius 1 is 1.16 bits per heavy atom. The van der Waals surface area contributed by atoms with Gasteiger partial charge in [0.15, 0.2) is 0 Å². The van der Waals surface area contributed by atoms with Crippen LogP contribution in [0.1, 0.15) is 24.1 Å². The summed E-state index contributed by atoms with van der Waals surface area (Å²) < 4.78 is 14.3. The van der Waals surface area contributed by atoms with Gasteiger partial charge >= 0.3 is 0 Å². The normalized spacial score (nSPS) is 12.4. The quantitative estimate of drug-likeness (QED) is 0.856. The fraction of sp³-hybridized carbons (Fsp3) is 0.250. The highest BCUT2D eigenvalue weighted by molar-refractivity contribution is 9.10. The molecule has 2 aromatic rings. The Kier molecular flexibility index (Phi) is 5.11. The maximum atomic E-state index is 13.3. The lowest BCUT2D eigenvalue weighted by Crippen LogP contribution is -2.23. The summed E-state index contributed by atoms with van der Waals surface area (Å²) in [6.07, 6.45) is 0.760. The van der Waals surface area contributed by atoms with Gasteiger partial charge in [0.2, 0.25) is 0 Å². The first-order valence-corrected chi connectivity index (χ1v) is 7.22. The molecule has 19 heavy (non-hydrogen) atoms. The monoisotopic (exact) mass is 321 g/mol. The first-order chi connectivity index (χ1) is 9.20. The summed E-state index contributed by atoms with van der Waals surface area (Å²) in [6, 6.07) is 15.3. The largest absolute Gasteiger partial charge is 0.310 e. The van der Waals surface area contributed by atoms with Gasteiger partial charge in [-0.1, -0.05) is 53.2 Å². The van der Waals surface area contributed by atoms with E-state index in [9.17, 15) is 4.39 Å². The van der Waals surface area contributed by atoms with Crippen LogP contribution in [-0.2, 0) is 6.42 Å². The number of nitrogens with one attached hydrogen (secondary N) is 1. The van der Waals surface area contributed by atoms with Crippen molar-refractivity contribution in [3.8, 4) is 0 Å². The molecule has 0 bridgehead atoms. The molecule has 1 unspecified atom stereocenters. The van der Waals surface area contributed by atoms with E-state index >= 15 is 0 Å². The van der Waals surface area contributed by atoms with Gasteiger partial charge in [-0.2, -0.15) is 0 Å². The van der Waals surface area contributed by atoms with E-state index in [2.05, 4.69) is 40.3 Å². The molecule has 0 heterocycles. The van der Waals surface area contributed by atoms with Gasteiger partial charge < -0.3 is 5.32 Å². The van der Waals surface area contributed by atoms with Gasteiger partial charge in [-0.25, -0.2) is 4.39 Å². The van der Waals surface area contributed by atoms with Crippen LogP contribution in [-0.4, -0.2) is 6.54 Å². The molecule has 0 aliphatic rings. The Balaban J connectivity index is 2.24. The van der Waals surface area contributed by atoms with Gasteiger partial charge in [-0.05, 0) is 42.3 Å². The average Bonchev–Trinajstić information content (AvgIpc) is 2.43. The van der Waals surface area contributed by atoms with E-state index in [-0.39, 0.29) is 11.9 Å². The standard InChI is InChI=1S/C16H17BrFN/c1-2-19-16(12-6-4-3-5-7-12)11-13-10-14(18)8-9-15(13)17/h3-10,16,19H,2,11H2,1H3. The number of hydrogen-bond acceptors (Lipinski definition) is 1. The lowest BCUT2D eigenvalue weighted by atomic mass is 9.99. The molecule has 100 valence electrons. The third-order valence-corrected chi connectivity index (χ3v) is 3.86. The van der Waals surface area contributed by atoms with E-state index < -0.39 is 0 Å². The van der Waals surface area contributed by atoms with Crippen molar-refractivity contribution in [1.82, 2.24) is 5.32 Å². The van der Waals surface area contributed by atoms with E-state index in [1.807, 2.05) is 18.2 Å². The van der Waals surface area contributed by atoms with Gasteiger partial charge in [0.25, 0.3) is 0 Å². The summed E-state index contributed by atoms with van der Waals surface area (Å²) in [4.78, 5) is 0. The molecule has 2 aromatic carbocycles. The minimum Gasteiger partial charge on any atom is -0.310 e. The lowest BCUT2D eigenvalue weighted by Gasteiger charge is -2.19. The molecular weight excluding hydrogens is 305 g/mol. The smallest absolute Gasteiger partial charge is 0.123 e. The van der Waals surface area contributed by atoms with Gasteiger partial charge in [-0.15, -0.1) is 0 Å². The summed E-state index contributed by atoms with van der Waals surface area (Å²) in [7, 11) is 0. The average molecular weight is 322 g/mol. The van der Waals surface area contributed by atoms with Gasteiger partial charge in [0.05, 0.1) is 0 Å². The van der Waals surface area contributed by atoms with Crippen LogP contribution in [0.4, 0.5) is 4.39 Å². The molecule has 2 rings (SSSR count). The Bertz CT molecular complexity index is 528. The first-order valence-electron chi connectivity index (χ1n) is 6.43. The molecular formula is C16H17BrFN. The van der Waals surface area contributed by atoms with Gasteiger partial charge in [0.1, 0.15) is 5.82 Å². The minimum absolute atomic E-state index is 0.193. The Morgan fingerprint density at radius 3 is 2.58 bits per heavy atom. The molecule has 3 heteroatoms. The topological polar surface area (TPSA) is 12.0 Å². The summed E-state index contributed by atoms with van der Waals surface area (Å²) in [6.45, 7) is 2.96. The SMILES string of the molecule is CCNC(Cc1cc(F)ccc1Br)c1ccccc1. The van der Waals surface area contributed by atoms with Crippen LogP contribution in [0.5, 0.6) is 0 Å². The zero-order chi connectivity index (χ0) is 13.7. The molecule has 0 saturated heterocycles.